The molecule has 8 nitrogen and oxygen atoms in total. The van der Waals surface area contributed by atoms with Gasteiger partial charge in [-0.3, -0.25) is 14.4 Å². The normalized spacial score (nSPS) is 12.7. The molecule has 2 aromatic carbocycles. The van der Waals surface area contributed by atoms with Crippen LogP contribution in [0.15, 0.2) is 66.6 Å². The van der Waals surface area contributed by atoms with Crippen molar-refractivity contribution >= 4 is 11.9 Å². The van der Waals surface area contributed by atoms with Gasteiger partial charge in [0.25, 0.3) is 5.56 Å². The molecule has 0 spiro atoms. The Morgan fingerprint density at radius 3 is 2.37 bits per heavy atom. The van der Waals surface area contributed by atoms with E-state index in [1.165, 1.54) is 6.08 Å². The summed E-state index contributed by atoms with van der Waals surface area (Å²) < 4.78 is 70.4. The van der Waals surface area contributed by atoms with Crippen molar-refractivity contribution in [3.05, 3.63) is 111 Å². The molecule has 1 N–H and O–H groups in total. The van der Waals surface area contributed by atoms with Crippen molar-refractivity contribution in [2.24, 2.45) is 0 Å². The highest BCUT2D eigenvalue weighted by Gasteiger charge is 2.36. The molecule has 0 saturated heterocycles. The van der Waals surface area contributed by atoms with Crippen LogP contribution in [0.1, 0.15) is 78.1 Å². The number of halogens is 4. The molecule has 0 bridgehead atoms. The Kier molecular flexibility index (Phi) is 15.0. The van der Waals surface area contributed by atoms with Gasteiger partial charge >= 0.3 is 12.1 Å². The van der Waals surface area contributed by atoms with Crippen molar-refractivity contribution in [3.8, 4) is 16.9 Å². The number of rotatable bonds is 18. The van der Waals surface area contributed by atoms with Gasteiger partial charge in [0, 0.05) is 29.9 Å². The number of hydrogen-bond acceptors (Lipinski definition) is 6. The zero-order valence-corrected chi connectivity index (χ0v) is 30.8. The van der Waals surface area contributed by atoms with Crippen LogP contribution in [0, 0.1) is 26.6 Å². The fourth-order valence-corrected chi connectivity index (χ4v) is 6.06. The number of ether oxygens (including phenoxy) is 2. The van der Waals surface area contributed by atoms with Gasteiger partial charge in [0.1, 0.15) is 17.6 Å². The van der Waals surface area contributed by atoms with E-state index in [1.54, 1.807) is 51.1 Å². The smallest absolute Gasteiger partial charge is 0.416 e. The average Bonchev–Trinajstić information content (AvgIpc) is 3.05. The molecule has 0 radical (unpaired) electrons. The number of unbranched alkanes of at least 4 members (excludes halogenated alkanes) is 1. The number of nitrogens with one attached hydrogen (secondary N) is 1. The van der Waals surface area contributed by atoms with E-state index in [4.69, 9.17) is 9.47 Å². The summed E-state index contributed by atoms with van der Waals surface area (Å²) in [5.74, 6) is -1.63. The van der Waals surface area contributed by atoms with Crippen LogP contribution in [0.3, 0.4) is 0 Å². The third-order valence-electron chi connectivity index (χ3n) is 8.52. The number of allylic oxidation sites excluding steroid dienone is 2. The molecule has 3 rings (SSSR count). The molecule has 0 fully saturated rings. The maximum absolute atomic E-state index is 16.2. The maximum Gasteiger partial charge on any atom is 0.416 e. The molecule has 52 heavy (non-hydrogen) atoms. The first-order valence-corrected chi connectivity index (χ1v) is 17.2. The van der Waals surface area contributed by atoms with Crippen molar-refractivity contribution in [3.63, 3.8) is 0 Å². The zero-order valence-electron chi connectivity index (χ0n) is 30.8. The molecule has 1 aromatic heterocycles. The quantitative estimate of drug-likeness (QED) is 0.0619. The lowest BCUT2D eigenvalue weighted by atomic mass is 9.91. The Hall–Kier alpha value is -4.71. The topological polar surface area (TPSA) is 89.9 Å². The molecular weight excluding hydrogens is 678 g/mol. The number of carbonyl (C=O) groups is 2. The van der Waals surface area contributed by atoms with E-state index in [1.807, 2.05) is 26.0 Å². The number of nitrogens with zero attached hydrogens (tertiary/aromatic N) is 2. The summed E-state index contributed by atoms with van der Waals surface area (Å²) in [6.45, 7) is 15.1. The zero-order chi connectivity index (χ0) is 38.7. The van der Waals surface area contributed by atoms with E-state index < -0.39 is 53.5 Å². The minimum Gasteiger partial charge on any atom is -0.493 e. The van der Waals surface area contributed by atoms with Crippen LogP contribution in [-0.4, -0.2) is 55.2 Å². The van der Waals surface area contributed by atoms with Gasteiger partial charge in [-0.1, -0.05) is 18.2 Å². The van der Waals surface area contributed by atoms with E-state index in [9.17, 15) is 27.6 Å². The van der Waals surface area contributed by atoms with Crippen LogP contribution < -0.4 is 15.6 Å². The predicted octanol–water partition coefficient (Wildman–Crippen LogP) is 7.98. The van der Waals surface area contributed by atoms with Gasteiger partial charge in [-0.2, -0.15) is 13.2 Å². The van der Waals surface area contributed by atoms with Crippen molar-refractivity contribution in [2.45, 2.75) is 78.1 Å². The van der Waals surface area contributed by atoms with E-state index in [0.717, 1.165) is 34.7 Å². The summed E-state index contributed by atoms with van der Waals surface area (Å²) in [6.07, 6.45) is 0.249. The number of carbonyl (C=O) groups excluding carboxylic acids is 2. The van der Waals surface area contributed by atoms with E-state index in [0.29, 0.717) is 29.5 Å². The summed E-state index contributed by atoms with van der Waals surface area (Å²) in [7, 11) is 3.41. The Morgan fingerprint density at radius 2 is 1.75 bits per heavy atom. The number of aromatic nitrogens is 1. The van der Waals surface area contributed by atoms with Crippen molar-refractivity contribution in [1.29, 1.82) is 0 Å². The Bertz CT molecular complexity index is 1820. The highest BCUT2D eigenvalue weighted by atomic mass is 19.4. The van der Waals surface area contributed by atoms with Crippen molar-refractivity contribution in [1.82, 2.24) is 14.8 Å². The molecule has 2 atom stereocenters. The summed E-state index contributed by atoms with van der Waals surface area (Å²) in [4.78, 5) is 41.9. The lowest BCUT2D eigenvalue weighted by molar-refractivity contribution is -0.144. The molecule has 0 saturated carbocycles. The van der Waals surface area contributed by atoms with Crippen LogP contribution >= 0.6 is 0 Å². The fourth-order valence-electron chi connectivity index (χ4n) is 6.06. The van der Waals surface area contributed by atoms with Gasteiger partial charge in [-0.15, -0.1) is 13.2 Å². The molecule has 3 aromatic rings. The van der Waals surface area contributed by atoms with Gasteiger partial charge in [0.05, 0.1) is 31.2 Å². The summed E-state index contributed by atoms with van der Waals surface area (Å²) in [6, 6.07) is 4.91. The molecule has 0 aliphatic carbocycles. The van der Waals surface area contributed by atoms with Crippen LogP contribution in [0.2, 0.25) is 0 Å². The second kappa shape index (κ2) is 18.7. The number of hydrogen-bond donors (Lipinski definition) is 1. The molecule has 0 unspecified atom stereocenters. The van der Waals surface area contributed by atoms with Crippen molar-refractivity contribution in [2.75, 3.05) is 33.9 Å². The Morgan fingerprint density at radius 1 is 1.04 bits per heavy atom. The number of alkyl halides is 3. The van der Waals surface area contributed by atoms with Crippen LogP contribution in [0.5, 0.6) is 5.75 Å². The molecule has 1 heterocycles. The molecule has 282 valence electrons. The number of esters is 1. The van der Waals surface area contributed by atoms with Crippen LogP contribution in [-0.2, 0) is 26.9 Å². The maximum atomic E-state index is 16.2. The highest BCUT2D eigenvalue weighted by molar-refractivity contribution is 5.82. The second-order valence-electron chi connectivity index (χ2n) is 13.1. The Labute approximate surface area is 303 Å². The molecule has 1 amide bonds. The molecule has 12 heteroatoms. The predicted molar refractivity (Wildman–Crippen MR) is 195 cm³/mol. The number of pyridine rings is 1. The number of benzene rings is 2. The Balaban J connectivity index is 2.17. The SMILES string of the molecule is C=CCCCOc1cc(C)cc(C)c1-c1cc(C)c(F)c([C@H](CC(=O)OCC)NC(=O)[C@H](CC=C)n2cc(CCN(C)C)c(C(F)(F)F)cc2=O)c1. The minimum atomic E-state index is -4.80. The molecule has 0 aliphatic rings. The second-order valence-corrected chi connectivity index (χ2v) is 13.1. The van der Waals surface area contributed by atoms with Gasteiger partial charge in [0.15, 0.2) is 0 Å². The van der Waals surface area contributed by atoms with Crippen LogP contribution in [0.4, 0.5) is 17.6 Å². The third kappa shape index (κ3) is 10.9. The fraction of sp³-hybridized carbons (Fsp3) is 0.425. The third-order valence-corrected chi connectivity index (χ3v) is 8.52. The lowest BCUT2D eigenvalue weighted by Gasteiger charge is -2.26. The monoisotopic (exact) mass is 727 g/mol. The van der Waals surface area contributed by atoms with Crippen molar-refractivity contribution < 1.29 is 36.6 Å². The molecular formula is C40H49F4N3O5. The number of likely N-dealkylation sites (N-methyl/N-ethyl adjacent to an activating group) is 1. The number of aryl methyl sites for hydroxylation is 3. The van der Waals surface area contributed by atoms with Gasteiger partial charge in [-0.25, -0.2) is 4.39 Å². The summed E-state index contributed by atoms with van der Waals surface area (Å²) in [5, 5.41) is 2.72. The van der Waals surface area contributed by atoms with Crippen LogP contribution in [0.25, 0.3) is 11.1 Å². The molecule has 0 aliphatic heterocycles. The van der Waals surface area contributed by atoms with Gasteiger partial charge in [-0.05, 0) is 113 Å². The first-order chi connectivity index (χ1) is 24.5. The number of amides is 1. The highest BCUT2D eigenvalue weighted by Crippen LogP contribution is 2.38. The first kappa shape index (κ1) is 41.7. The standard InChI is InChI=1S/C40H49F4N3O5/c1-9-12-13-17-52-34-19-25(4)18-26(5)37(34)29-20-27(6)38(41)30(21-29)32(23-36(49)51-11-3)45-39(50)33(14-10-2)47-24-28(15-16-46(7)8)31(22-35(47)48)40(42,43)44/h9-10,18-22,24,32-33H,1-2,11-17,23H2,3-8H3,(H,45,50)/t32-,33-/m0/s1. The van der Waals surface area contributed by atoms with Gasteiger partial charge in [0.2, 0.25) is 5.91 Å². The van der Waals surface area contributed by atoms with E-state index >= 15 is 4.39 Å². The average molecular weight is 728 g/mol. The summed E-state index contributed by atoms with van der Waals surface area (Å²) >= 11 is 0. The first-order valence-electron chi connectivity index (χ1n) is 17.2. The summed E-state index contributed by atoms with van der Waals surface area (Å²) in [5.41, 5.74) is 1.03. The minimum absolute atomic E-state index is 0.0159. The van der Waals surface area contributed by atoms with E-state index in [-0.39, 0.29) is 42.7 Å². The van der Waals surface area contributed by atoms with Gasteiger partial charge < -0.3 is 24.3 Å². The lowest BCUT2D eigenvalue weighted by Crippen LogP contribution is -2.40. The van der Waals surface area contributed by atoms with E-state index in [2.05, 4.69) is 18.5 Å². The largest absolute Gasteiger partial charge is 0.493 e.